The van der Waals surface area contributed by atoms with E-state index in [0.29, 0.717) is 6.61 Å². The molecular weight excluding hydrogens is 490 g/mol. The van der Waals surface area contributed by atoms with Crippen LogP contribution in [0.3, 0.4) is 0 Å². The van der Waals surface area contributed by atoms with E-state index in [0.717, 1.165) is 43.0 Å². The molecule has 6 rings (SSSR count). The summed E-state index contributed by atoms with van der Waals surface area (Å²) in [6, 6.07) is 28.1. The van der Waals surface area contributed by atoms with Gasteiger partial charge in [0.15, 0.2) is 0 Å². The van der Waals surface area contributed by atoms with Gasteiger partial charge in [-0.3, -0.25) is 4.90 Å². The Morgan fingerprint density at radius 3 is 2.21 bits per heavy atom. The van der Waals surface area contributed by atoms with Crippen molar-refractivity contribution in [2.24, 2.45) is 0 Å². The van der Waals surface area contributed by atoms with E-state index >= 15 is 0 Å². The molecule has 0 N–H and O–H groups in total. The highest BCUT2D eigenvalue weighted by Crippen LogP contribution is 2.31. The summed E-state index contributed by atoms with van der Waals surface area (Å²) >= 11 is 6.12. The number of aromatic nitrogens is 1. The van der Waals surface area contributed by atoms with Gasteiger partial charge in [0.25, 0.3) is 0 Å². The van der Waals surface area contributed by atoms with Crippen molar-refractivity contribution in [1.29, 1.82) is 0 Å². The molecule has 2 aliphatic rings. The summed E-state index contributed by atoms with van der Waals surface area (Å²) in [6.45, 7) is 7.25. The van der Waals surface area contributed by atoms with Gasteiger partial charge in [0, 0.05) is 35.1 Å². The zero-order valence-electron chi connectivity index (χ0n) is 22.2. The molecular formula is C33H38ClN3O. The smallest absolute Gasteiger partial charge is 0.129 e. The van der Waals surface area contributed by atoms with Crippen molar-refractivity contribution in [3.63, 3.8) is 0 Å². The molecule has 3 heterocycles. The molecule has 3 aromatic carbocycles. The van der Waals surface area contributed by atoms with E-state index in [1.54, 1.807) is 0 Å². The third-order valence-corrected chi connectivity index (χ3v) is 8.66. The van der Waals surface area contributed by atoms with Crippen LogP contribution in [0.1, 0.15) is 48.9 Å². The van der Waals surface area contributed by atoms with Crippen LogP contribution in [0.4, 0.5) is 0 Å². The van der Waals surface area contributed by atoms with Crippen molar-refractivity contribution in [3.05, 3.63) is 101 Å². The van der Waals surface area contributed by atoms with Crippen LogP contribution in [-0.2, 0) is 19.7 Å². The molecule has 0 atom stereocenters. The van der Waals surface area contributed by atoms with Crippen molar-refractivity contribution < 1.29 is 4.74 Å². The van der Waals surface area contributed by atoms with Gasteiger partial charge in [-0.25, -0.2) is 0 Å². The Kier molecular flexibility index (Phi) is 8.01. The molecule has 0 unspecified atom stereocenters. The average Bonchev–Trinajstić information content (AvgIpc) is 3.26. The van der Waals surface area contributed by atoms with Crippen molar-refractivity contribution in [3.8, 4) is 5.75 Å². The van der Waals surface area contributed by atoms with E-state index < -0.39 is 0 Å². The third-order valence-electron chi connectivity index (χ3n) is 8.41. The van der Waals surface area contributed by atoms with Crippen molar-refractivity contribution in [2.45, 2.75) is 57.8 Å². The average molecular weight is 528 g/mol. The second kappa shape index (κ2) is 11.9. The standard InChI is InChI=1S/C33H38ClN3O/c34-27-13-15-29(16-14-27)38-25-33-31(24-35-21-17-28(18-22-35)36-19-7-2-8-20-36)30-11-5-6-12-32(30)37(33)23-26-9-3-1-4-10-26/h1,3-6,9-16,28H,2,7-8,17-25H2. The number of piperidine rings is 2. The van der Waals surface area contributed by atoms with Gasteiger partial charge in [0.05, 0.1) is 5.69 Å². The molecule has 198 valence electrons. The number of benzene rings is 3. The van der Waals surface area contributed by atoms with Crippen LogP contribution in [0.15, 0.2) is 78.9 Å². The molecule has 5 heteroatoms. The molecule has 4 aromatic rings. The second-order valence-corrected chi connectivity index (χ2v) is 11.3. The predicted molar refractivity (Wildman–Crippen MR) is 157 cm³/mol. The number of rotatable bonds is 8. The van der Waals surface area contributed by atoms with Gasteiger partial charge < -0.3 is 14.2 Å². The van der Waals surface area contributed by atoms with Crippen LogP contribution >= 0.6 is 11.6 Å². The molecule has 0 saturated carbocycles. The fraction of sp³-hybridized carbons (Fsp3) is 0.394. The van der Waals surface area contributed by atoms with Gasteiger partial charge in [-0.1, -0.05) is 66.6 Å². The van der Waals surface area contributed by atoms with Gasteiger partial charge >= 0.3 is 0 Å². The molecule has 0 radical (unpaired) electrons. The second-order valence-electron chi connectivity index (χ2n) is 10.9. The first-order valence-corrected chi connectivity index (χ1v) is 14.6. The fourth-order valence-electron chi connectivity index (χ4n) is 6.35. The lowest BCUT2D eigenvalue weighted by molar-refractivity contribution is 0.0895. The van der Waals surface area contributed by atoms with E-state index in [2.05, 4.69) is 69.0 Å². The van der Waals surface area contributed by atoms with Crippen LogP contribution in [-0.4, -0.2) is 46.6 Å². The van der Waals surface area contributed by atoms with E-state index in [4.69, 9.17) is 16.3 Å². The molecule has 0 amide bonds. The first kappa shape index (κ1) is 25.5. The van der Waals surface area contributed by atoms with Gasteiger partial charge in [0.2, 0.25) is 0 Å². The van der Waals surface area contributed by atoms with Gasteiger partial charge in [-0.15, -0.1) is 0 Å². The van der Waals surface area contributed by atoms with Gasteiger partial charge in [-0.2, -0.15) is 0 Å². The van der Waals surface area contributed by atoms with Crippen LogP contribution < -0.4 is 4.74 Å². The van der Waals surface area contributed by atoms with E-state index in [1.807, 2.05) is 24.3 Å². The molecule has 0 bridgehead atoms. The van der Waals surface area contributed by atoms with Crippen LogP contribution in [0.25, 0.3) is 10.9 Å². The Bertz CT molecular complexity index is 1320. The number of likely N-dealkylation sites (tertiary alicyclic amines) is 2. The highest BCUT2D eigenvalue weighted by Gasteiger charge is 2.27. The summed E-state index contributed by atoms with van der Waals surface area (Å²) in [4.78, 5) is 5.43. The van der Waals surface area contributed by atoms with Gasteiger partial charge in [0.1, 0.15) is 12.4 Å². The maximum atomic E-state index is 6.38. The molecule has 2 fully saturated rings. The number of hydrogen-bond donors (Lipinski definition) is 0. The SMILES string of the molecule is Clc1ccc(OCc2c(CN3CCC(N4CCCCC4)CC3)c3ccccc3n2Cc2ccccc2)cc1. The summed E-state index contributed by atoms with van der Waals surface area (Å²) < 4.78 is 8.85. The Labute approximate surface area is 231 Å². The fourth-order valence-corrected chi connectivity index (χ4v) is 6.47. The summed E-state index contributed by atoms with van der Waals surface area (Å²) in [6.07, 6.45) is 6.71. The maximum Gasteiger partial charge on any atom is 0.129 e. The van der Waals surface area contributed by atoms with Crippen LogP contribution in [0, 0.1) is 0 Å². The normalized spacial score (nSPS) is 17.7. The highest BCUT2D eigenvalue weighted by molar-refractivity contribution is 6.30. The Morgan fingerprint density at radius 2 is 1.45 bits per heavy atom. The lowest BCUT2D eigenvalue weighted by atomic mass is 9.99. The zero-order chi connectivity index (χ0) is 25.7. The van der Waals surface area contributed by atoms with Crippen molar-refractivity contribution in [1.82, 2.24) is 14.4 Å². The minimum atomic E-state index is 0.530. The molecule has 38 heavy (non-hydrogen) atoms. The van der Waals surface area contributed by atoms with Crippen molar-refractivity contribution in [2.75, 3.05) is 26.2 Å². The first-order chi connectivity index (χ1) is 18.7. The lowest BCUT2D eigenvalue weighted by Gasteiger charge is -2.40. The number of halogens is 1. The lowest BCUT2D eigenvalue weighted by Crippen LogP contribution is -2.46. The number of fused-ring (bicyclic) bond motifs is 1. The van der Waals surface area contributed by atoms with E-state index in [-0.39, 0.29) is 0 Å². The number of para-hydroxylation sites is 1. The van der Waals surface area contributed by atoms with Crippen LogP contribution in [0.5, 0.6) is 5.75 Å². The van der Waals surface area contributed by atoms with Gasteiger partial charge in [-0.05, 0) is 93.3 Å². The third kappa shape index (κ3) is 5.78. The number of hydrogen-bond acceptors (Lipinski definition) is 3. The monoisotopic (exact) mass is 527 g/mol. The minimum Gasteiger partial charge on any atom is -0.487 e. The first-order valence-electron chi connectivity index (χ1n) is 14.2. The quantitative estimate of drug-likeness (QED) is 0.238. The zero-order valence-corrected chi connectivity index (χ0v) is 23.0. The Morgan fingerprint density at radius 1 is 0.737 bits per heavy atom. The molecule has 2 saturated heterocycles. The van der Waals surface area contributed by atoms with E-state index in [1.165, 1.54) is 72.9 Å². The Hall–Kier alpha value is -2.79. The molecule has 0 spiro atoms. The van der Waals surface area contributed by atoms with Crippen LogP contribution in [0.2, 0.25) is 5.02 Å². The summed E-state index contributed by atoms with van der Waals surface area (Å²) in [7, 11) is 0. The highest BCUT2D eigenvalue weighted by atomic mass is 35.5. The molecule has 1 aromatic heterocycles. The molecule has 4 nitrogen and oxygen atoms in total. The molecule has 2 aliphatic heterocycles. The summed E-state index contributed by atoms with van der Waals surface area (Å²) in [5, 5.41) is 2.07. The Balaban J connectivity index is 1.28. The van der Waals surface area contributed by atoms with E-state index in [9.17, 15) is 0 Å². The molecule has 0 aliphatic carbocycles. The minimum absolute atomic E-state index is 0.530. The predicted octanol–water partition coefficient (Wildman–Crippen LogP) is 7.37. The van der Waals surface area contributed by atoms with Crippen molar-refractivity contribution >= 4 is 22.5 Å². The summed E-state index contributed by atoms with van der Waals surface area (Å²) in [5.41, 5.74) is 5.25. The summed E-state index contributed by atoms with van der Waals surface area (Å²) in [5.74, 6) is 0.846. The maximum absolute atomic E-state index is 6.38. The topological polar surface area (TPSA) is 20.6 Å². The number of nitrogens with zero attached hydrogens (tertiary/aromatic N) is 3. The number of ether oxygens (including phenoxy) is 1. The largest absolute Gasteiger partial charge is 0.487 e.